The van der Waals surface area contributed by atoms with Gasteiger partial charge < -0.3 is 19.9 Å². The predicted molar refractivity (Wildman–Crippen MR) is 130 cm³/mol. The van der Waals surface area contributed by atoms with Crippen molar-refractivity contribution in [2.24, 2.45) is 5.41 Å². The van der Waals surface area contributed by atoms with Crippen LogP contribution in [0.5, 0.6) is 5.75 Å². The molecule has 0 aromatic heterocycles. The van der Waals surface area contributed by atoms with E-state index in [-0.39, 0.29) is 40.5 Å². The second kappa shape index (κ2) is 10.1. The Morgan fingerprint density at radius 1 is 1.11 bits per heavy atom. The summed E-state index contributed by atoms with van der Waals surface area (Å²) in [7, 11) is 0. The summed E-state index contributed by atoms with van der Waals surface area (Å²) in [4.78, 5) is 25.5. The smallest absolute Gasteiger partial charge is 0.416 e. The van der Waals surface area contributed by atoms with Crippen LogP contribution in [0.25, 0.3) is 11.1 Å². The number of carbonyl (C=O) groups excluding carboxylic acids is 1. The van der Waals surface area contributed by atoms with E-state index >= 15 is 0 Å². The van der Waals surface area contributed by atoms with E-state index in [1.807, 2.05) is 6.92 Å². The Morgan fingerprint density at radius 2 is 1.78 bits per heavy atom. The number of alkyl halides is 3. The third kappa shape index (κ3) is 5.94. The van der Waals surface area contributed by atoms with Crippen molar-refractivity contribution in [2.45, 2.75) is 13.1 Å². The summed E-state index contributed by atoms with van der Waals surface area (Å²) in [5.74, 6) is -3.59. The molecule has 4 rings (SSSR count). The summed E-state index contributed by atoms with van der Waals surface area (Å²) >= 11 is 3.32. The van der Waals surface area contributed by atoms with E-state index in [9.17, 15) is 32.3 Å². The summed E-state index contributed by atoms with van der Waals surface area (Å²) in [5, 5.41) is 12.2. The van der Waals surface area contributed by atoms with Gasteiger partial charge in [-0.25, -0.2) is 9.18 Å². The maximum Gasteiger partial charge on any atom is 0.416 e. The van der Waals surface area contributed by atoms with Crippen LogP contribution >= 0.6 is 15.9 Å². The Morgan fingerprint density at radius 3 is 2.32 bits per heavy atom. The van der Waals surface area contributed by atoms with Gasteiger partial charge in [0.25, 0.3) is 5.91 Å². The van der Waals surface area contributed by atoms with Crippen molar-refractivity contribution in [1.82, 2.24) is 0 Å². The van der Waals surface area contributed by atoms with Crippen molar-refractivity contribution in [2.75, 3.05) is 25.1 Å². The Bertz CT molecular complexity index is 1350. The fourth-order valence-corrected chi connectivity index (χ4v) is 4.00. The lowest BCUT2D eigenvalue weighted by atomic mass is 9.90. The number of nitrogens with one attached hydrogen (secondary N) is 1. The number of ether oxygens (including phenoxy) is 2. The molecule has 2 N–H and O–H groups in total. The molecule has 1 saturated heterocycles. The molecule has 6 nitrogen and oxygen atoms in total. The van der Waals surface area contributed by atoms with Crippen LogP contribution in [-0.2, 0) is 10.9 Å². The van der Waals surface area contributed by atoms with E-state index in [2.05, 4.69) is 21.2 Å². The predicted octanol–water partition coefficient (Wildman–Crippen LogP) is 6.64. The molecule has 0 saturated carbocycles. The molecule has 11 heteroatoms. The minimum absolute atomic E-state index is 0.172. The molecule has 1 heterocycles. The molecule has 0 radical (unpaired) electrons. The Balaban J connectivity index is 1.76. The average Bonchev–Trinajstić information content (AvgIpc) is 2.81. The van der Waals surface area contributed by atoms with Crippen LogP contribution in [0.4, 0.5) is 23.2 Å². The molecule has 3 aromatic carbocycles. The number of aromatic carboxylic acids is 1. The minimum Gasteiger partial charge on any atom is -0.493 e. The molecule has 3 aromatic rings. The van der Waals surface area contributed by atoms with Crippen molar-refractivity contribution in [1.29, 1.82) is 0 Å². The summed E-state index contributed by atoms with van der Waals surface area (Å²) < 4.78 is 64.9. The van der Waals surface area contributed by atoms with E-state index in [1.54, 1.807) is 24.3 Å². The van der Waals surface area contributed by atoms with E-state index < -0.39 is 35.1 Å². The van der Waals surface area contributed by atoms with Gasteiger partial charge in [0, 0.05) is 15.5 Å². The molecule has 0 unspecified atom stereocenters. The van der Waals surface area contributed by atoms with Crippen molar-refractivity contribution >= 4 is 33.5 Å². The van der Waals surface area contributed by atoms with Gasteiger partial charge in [0.15, 0.2) is 0 Å². The number of carbonyl (C=O) groups is 2. The Hall–Kier alpha value is -3.44. The second-order valence-corrected chi connectivity index (χ2v) is 9.86. The first-order valence-corrected chi connectivity index (χ1v) is 11.7. The van der Waals surface area contributed by atoms with Gasteiger partial charge in [0.2, 0.25) is 0 Å². The third-order valence-electron chi connectivity index (χ3n) is 5.76. The molecule has 1 aliphatic rings. The van der Waals surface area contributed by atoms with Crippen LogP contribution in [0.15, 0.2) is 59.1 Å². The van der Waals surface area contributed by atoms with Gasteiger partial charge in [0.05, 0.1) is 42.2 Å². The number of carboxylic acids is 1. The number of halogens is 5. The van der Waals surface area contributed by atoms with E-state index in [0.29, 0.717) is 24.8 Å². The lowest BCUT2D eigenvalue weighted by molar-refractivity contribution is -0.137. The lowest BCUT2D eigenvalue weighted by Crippen LogP contribution is -2.44. The number of benzene rings is 3. The highest BCUT2D eigenvalue weighted by Gasteiger charge is 2.35. The molecule has 0 atom stereocenters. The fraction of sp³-hybridized carbons (Fsp3) is 0.231. The zero-order chi connectivity index (χ0) is 27.0. The monoisotopic (exact) mass is 581 g/mol. The molecular formula is C26H20BrF4NO5. The maximum absolute atomic E-state index is 14.4. The minimum atomic E-state index is -4.77. The van der Waals surface area contributed by atoms with Crippen LogP contribution in [0.3, 0.4) is 0 Å². The SMILES string of the molecule is CC1(COc2cc(C(=O)Nc3ccc(C(F)(F)F)cc3F)c(C(=O)O)c(-c3ccc(Br)cc3)c2)COC1. The highest BCUT2D eigenvalue weighted by molar-refractivity contribution is 9.10. The van der Waals surface area contributed by atoms with Crippen LogP contribution in [0, 0.1) is 11.2 Å². The molecule has 0 spiro atoms. The number of anilines is 1. The van der Waals surface area contributed by atoms with Crippen molar-refractivity contribution in [3.8, 4) is 16.9 Å². The van der Waals surface area contributed by atoms with Gasteiger partial charge in [-0.2, -0.15) is 13.2 Å². The Labute approximate surface area is 217 Å². The number of hydrogen-bond donors (Lipinski definition) is 2. The zero-order valence-electron chi connectivity index (χ0n) is 19.3. The molecule has 0 aliphatic carbocycles. The first-order valence-electron chi connectivity index (χ1n) is 10.9. The molecule has 194 valence electrons. The molecule has 1 fully saturated rings. The van der Waals surface area contributed by atoms with Crippen LogP contribution < -0.4 is 10.1 Å². The Kier molecular flexibility index (Phi) is 7.29. The van der Waals surface area contributed by atoms with Gasteiger partial charge >= 0.3 is 12.1 Å². The van der Waals surface area contributed by atoms with E-state index in [1.165, 1.54) is 12.1 Å². The quantitative estimate of drug-likeness (QED) is 0.305. The maximum atomic E-state index is 14.4. The highest BCUT2D eigenvalue weighted by atomic mass is 79.9. The summed E-state index contributed by atoms with van der Waals surface area (Å²) in [6.07, 6.45) is -4.77. The topological polar surface area (TPSA) is 84.9 Å². The number of hydrogen-bond acceptors (Lipinski definition) is 4. The molecule has 0 bridgehead atoms. The average molecular weight is 582 g/mol. The second-order valence-electron chi connectivity index (χ2n) is 8.94. The molecule has 1 aliphatic heterocycles. The normalized spacial score (nSPS) is 14.5. The van der Waals surface area contributed by atoms with E-state index in [4.69, 9.17) is 9.47 Å². The van der Waals surface area contributed by atoms with Crippen LogP contribution in [-0.4, -0.2) is 36.8 Å². The summed E-state index contributed by atoms with van der Waals surface area (Å²) in [5.41, 5.74) is -2.10. The van der Waals surface area contributed by atoms with Gasteiger partial charge in [-0.15, -0.1) is 0 Å². The third-order valence-corrected chi connectivity index (χ3v) is 6.29. The van der Waals surface area contributed by atoms with Crippen molar-refractivity contribution in [3.63, 3.8) is 0 Å². The fourth-order valence-electron chi connectivity index (χ4n) is 3.74. The van der Waals surface area contributed by atoms with Crippen molar-refractivity contribution in [3.05, 3.63) is 81.6 Å². The largest absolute Gasteiger partial charge is 0.493 e. The van der Waals surface area contributed by atoms with Gasteiger partial charge in [-0.1, -0.05) is 35.0 Å². The highest BCUT2D eigenvalue weighted by Crippen LogP contribution is 2.35. The molecule has 1 amide bonds. The first kappa shape index (κ1) is 26.6. The summed E-state index contributed by atoms with van der Waals surface area (Å²) in [6.45, 7) is 3.12. The zero-order valence-corrected chi connectivity index (χ0v) is 20.9. The first-order chi connectivity index (χ1) is 17.4. The lowest BCUT2D eigenvalue weighted by Gasteiger charge is -2.37. The number of rotatable bonds is 7. The van der Waals surface area contributed by atoms with Crippen LogP contribution in [0.2, 0.25) is 0 Å². The van der Waals surface area contributed by atoms with Crippen molar-refractivity contribution < 1.29 is 41.7 Å². The molecular weight excluding hydrogens is 562 g/mol. The summed E-state index contributed by atoms with van der Waals surface area (Å²) in [6, 6.07) is 11.0. The van der Waals surface area contributed by atoms with Crippen LogP contribution in [0.1, 0.15) is 33.2 Å². The van der Waals surface area contributed by atoms with Gasteiger partial charge in [-0.05, 0) is 48.0 Å². The molecule has 37 heavy (non-hydrogen) atoms. The van der Waals surface area contributed by atoms with Gasteiger partial charge in [0.1, 0.15) is 11.6 Å². The standard InChI is InChI=1S/C26H20BrF4NO5/c1-25(11-36-12-25)13-37-17-9-18(14-2-5-16(27)6-3-14)22(24(34)35)19(10-17)23(33)32-21-7-4-15(8-20(21)28)26(29,30)31/h2-10H,11-13H2,1H3,(H,32,33)(H,34,35). The number of amides is 1. The van der Waals surface area contributed by atoms with Gasteiger partial charge in [-0.3, -0.25) is 4.79 Å². The number of carboxylic acid groups (broad SMARTS) is 1. The van der Waals surface area contributed by atoms with E-state index in [0.717, 1.165) is 10.5 Å².